The molecule has 0 aromatic heterocycles. The van der Waals surface area contributed by atoms with Gasteiger partial charge in [0, 0.05) is 19.2 Å². The van der Waals surface area contributed by atoms with Crippen molar-refractivity contribution in [1.29, 1.82) is 0 Å². The smallest absolute Gasteiger partial charge is 0.255 e. The van der Waals surface area contributed by atoms with E-state index >= 15 is 0 Å². The summed E-state index contributed by atoms with van der Waals surface area (Å²) in [6.45, 7) is -0.168. The van der Waals surface area contributed by atoms with Crippen molar-refractivity contribution < 1.29 is 13.6 Å². The van der Waals surface area contributed by atoms with Crippen molar-refractivity contribution in [3.8, 4) is 0 Å². The summed E-state index contributed by atoms with van der Waals surface area (Å²) < 4.78 is 24.1. The zero-order valence-corrected chi connectivity index (χ0v) is 8.99. The van der Waals surface area contributed by atoms with Gasteiger partial charge in [0.25, 0.3) is 12.3 Å². The number of carbonyl (C=O) groups excluding carboxylic acids is 1. The molecule has 88 valence electrons. The molecule has 0 bridgehead atoms. The van der Waals surface area contributed by atoms with Crippen LogP contribution in [0.2, 0.25) is 0 Å². The van der Waals surface area contributed by atoms with Gasteiger partial charge in [0.1, 0.15) is 0 Å². The molecule has 1 aromatic carbocycles. The summed E-state index contributed by atoms with van der Waals surface area (Å²) in [5, 5.41) is 0. The minimum Gasteiger partial charge on any atom is -0.336 e. The van der Waals surface area contributed by atoms with Crippen molar-refractivity contribution in [1.82, 2.24) is 4.90 Å². The van der Waals surface area contributed by atoms with Gasteiger partial charge >= 0.3 is 0 Å². The van der Waals surface area contributed by atoms with Crippen LogP contribution in [0.25, 0.3) is 0 Å². The average molecular weight is 228 g/mol. The van der Waals surface area contributed by atoms with Crippen LogP contribution in [0.3, 0.4) is 0 Å². The van der Waals surface area contributed by atoms with E-state index in [0.29, 0.717) is 12.1 Å². The Morgan fingerprint density at radius 3 is 2.38 bits per heavy atom. The minimum atomic E-state index is -2.52. The lowest BCUT2D eigenvalue weighted by molar-refractivity contribution is 0.0620. The Morgan fingerprint density at radius 2 is 1.94 bits per heavy atom. The van der Waals surface area contributed by atoms with Crippen molar-refractivity contribution in [2.24, 2.45) is 5.73 Å². The van der Waals surface area contributed by atoms with Gasteiger partial charge in [0.05, 0.1) is 6.54 Å². The maximum absolute atomic E-state index is 12.1. The van der Waals surface area contributed by atoms with Gasteiger partial charge < -0.3 is 10.6 Å². The predicted octanol–water partition coefficient (Wildman–Crippen LogP) is 1.48. The molecule has 0 unspecified atom stereocenters. The number of halogens is 2. The highest BCUT2D eigenvalue weighted by Crippen LogP contribution is 2.07. The van der Waals surface area contributed by atoms with Crippen LogP contribution in [0.5, 0.6) is 0 Å². The normalized spacial score (nSPS) is 10.6. The lowest BCUT2D eigenvalue weighted by Gasteiger charge is -2.16. The number of amides is 1. The second kappa shape index (κ2) is 5.55. The Bertz CT molecular complexity index is 352. The monoisotopic (exact) mass is 228 g/mol. The van der Waals surface area contributed by atoms with Gasteiger partial charge in [0.2, 0.25) is 0 Å². The maximum Gasteiger partial charge on any atom is 0.255 e. The van der Waals surface area contributed by atoms with Crippen molar-refractivity contribution in [2.75, 3.05) is 13.6 Å². The van der Waals surface area contributed by atoms with E-state index in [4.69, 9.17) is 5.73 Å². The van der Waals surface area contributed by atoms with Crippen LogP contribution >= 0.6 is 0 Å². The Morgan fingerprint density at radius 1 is 1.38 bits per heavy atom. The Hall–Kier alpha value is -1.49. The summed E-state index contributed by atoms with van der Waals surface area (Å²) in [4.78, 5) is 12.6. The summed E-state index contributed by atoms with van der Waals surface area (Å²) in [6, 6.07) is 6.60. The van der Waals surface area contributed by atoms with Crippen LogP contribution in [0.15, 0.2) is 24.3 Å². The summed E-state index contributed by atoms with van der Waals surface area (Å²) in [5.41, 5.74) is 6.69. The van der Waals surface area contributed by atoms with Gasteiger partial charge in [-0.25, -0.2) is 8.78 Å². The standard InChI is InChI=1S/C11H14F2N2O/c1-15(7-10(12)13)11(16)9-4-2-8(6-14)3-5-9/h2-5,10H,6-7,14H2,1H3. The van der Waals surface area contributed by atoms with Crippen LogP contribution in [0.1, 0.15) is 15.9 Å². The summed E-state index contributed by atoms with van der Waals surface area (Å²) >= 11 is 0. The molecule has 0 saturated heterocycles. The second-order valence-corrected chi connectivity index (χ2v) is 3.48. The highest BCUT2D eigenvalue weighted by atomic mass is 19.3. The number of nitrogens with two attached hydrogens (primary N) is 1. The van der Waals surface area contributed by atoms with Crippen LogP contribution in [-0.4, -0.2) is 30.8 Å². The molecule has 0 aliphatic rings. The first-order chi connectivity index (χ1) is 7.54. The molecular weight excluding hydrogens is 214 g/mol. The number of hydrogen-bond donors (Lipinski definition) is 1. The zero-order chi connectivity index (χ0) is 12.1. The molecule has 0 aliphatic carbocycles. The first kappa shape index (κ1) is 12.6. The Labute approximate surface area is 92.8 Å². The predicted molar refractivity (Wildman–Crippen MR) is 57.3 cm³/mol. The number of alkyl halides is 2. The topological polar surface area (TPSA) is 46.3 Å². The molecule has 0 heterocycles. The quantitative estimate of drug-likeness (QED) is 0.848. The third kappa shape index (κ3) is 3.27. The summed E-state index contributed by atoms with van der Waals surface area (Å²) in [5.74, 6) is -0.413. The fourth-order valence-corrected chi connectivity index (χ4v) is 1.29. The van der Waals surface area contributed by atoms with Gasteiger partial charge in [-0.15, -0.1) is 0 Å². The lowest BCUT2D eigenvalue weighted by Crippen LogP contribution is -2.31. The SMILES string of the molecule is CN(CC(F)F)C(=O)c1ccc(CN)cc1. The molecular formula is C11H14F2N2O. The number of carbonyl (C=O) groups is 1. The molecule has 5 heteroatoms. The number of rotatable bonds is 4. The number of hydrogen-bond acceptors (Lipinski definition) is 2. The minimum absolute atomic E-state index is 0.389. The van der Waals surface area contributed by atoms with E-state index in [1.807, 2.05) is 0 Å². The lowest BCUT2D eigenvalue weighted by atomic mass is 10.1. The zero-order valence-electron chi connectivity index (χ0n) is 8.99. The Balaban J connectivity index is 2.72. The Kier molecular flexibility index (Phi) is 4.37. The molecule has 0 saturated carbocycles. The number of nitrogens with zero attached hydrogens (tertiary/aromatic N) is 1. The molecule has 0 fully saturated rings. The summed E-state index contributed by atoms with van der Waals surface area (Å²) in [7, 11) is 1.35. The van der Waals surface area contributed by atoms with E-state index in [0.717, 1.165) is 10.5 Å². The molecule has 0 spiro atoms. The van der Waals surface area contributed by atoms with Crippen molar-refractivity contribution in [2.45, 2.75) is 13.0 Å². The highest BCUT2D eigenvalue weighted by molar-refractivity contribution is 5.94. The molecule has 0 radical (unpaired) electrons. The van der Waals surface area contributed by atoms with Gasteiger partial charge in [-0.1, -0.05) is 12.1 Å². The number of benzene rings is 1. The van der Waals surface area contributed by atoms with Crippen LogP contribution in [-0.2, 0) is 6.54 Å². The maximum atomic E-state index is 12.1. The van der Waals surface area contributed by atoms with Crippen LogP contribution in [0.4, 0.5) is 8.78 Å². The molecule has 0 atom stereocenters. The van der Waals surface area contributed by atoms with E-state index in [1.165, 1.54) is 7.05 Å². The first-order valence-electron chi connectivity index (χ1n) is 4.87. The van der Waals surface area contributed by atoms with Crippen molar-refractivity contribution in [3.63, 3.8) is 0 Å². The largest absolute Gasteiger partial charge is 0.336 e. The third-order valence-electron chi connectivity index (χ3n) is 2.20. The van der Waals surface area contributed by atoms with E-state index < -0.39 is 18.9 Å². The van der Waals surface area contributed by atoms with E-state index in [1.54, 1.807) is 24.3 Å². The summed E-state index contributed by atoms with van der Waals surface area (Å²) in [6.07, 6.45) is -2.52. The van der Waals surface area contributed by atoms with Gasteiger partial charge in [-0.3, -0.25) is 4.79 Å². The first-order valence-corrected chi connectivity index (χ1v) is 4.87. The third-order valence-corrected chi connectivity index (χ3v) is 2.20. The van der Waals surface area contributed by atoms with Crippen molar-refractivity contribution in [3.05, 3.63) is 35.4 Å². The van der Waals surface area contributed by atoms with Crippen LogP contribution in [0, 0.1) is 0 Å². The fourth-order valence-electron chi connectivity index (χ4n) is 1.29. The van der Waals surface area contributed by atoms with Gasteiger partial charge in [-0.05, 0) is 17.7 Å². The van der Waals surface area contributed by atoms with Gasteiger partial charge in [-0.2, -0.15) is 0 Å². The molecule has 3 nitrogen and oxygen atoms in total. The van der Waals surface area contributed by atoms with E-state index in [-0.39, 0.29) is 0 Å². The average Bonchev–Trinajstić information content (AvgIpc) is 2.27. The van der Waals surface area contributed by atoms with Crippen LogP contribution < -0.4 is 5.73 Å². The van der Waals surface area contributed by atoms with Gasteiger partial charge in [0.15, 0.2) is 0 Å². The highest BCUT2D eigenvalue weighted by Gasteiger charge is 2.15. The molecule has 1 amide bonds. The molecule has 0 aliphatic heterocycles. The molecule has 1 rings (SSSR count). The second-order valence-electron chi connectivity index (χ2n) is 3.48. The van der Waals surface area contributed by atoms with E-state index in [9.17, 15) is 13.6 Å². The molecule has 16 heavy (non-hydrogen) atoms. The fraction of sp³-hybridized carbons (Fsp3) is 0.364. The molecule has 2 N–H and O–H groups in total. The van der Waals surface area contributed by atoms with Crippen molar-refractivity contribution >= 4 is 5.91 Å². The molecule has 1 aromatic rings. The van der Waals surface area contributed by atoms with E-state index in [2.05, 4.69) is 0 Å².